The van der Waals surface area contributed by atoms with Crippen LogP contribution in [0.25, 0.3) is 0 Å². The van der Waals surface area contributed by atoms with Crippen molar-refractivity contribution in [1.29, 1.82) is 0 Å². The van der Waals surface area contributed by atoms with Gasteiger partial charge in [-0.15, -0.1) is 0 Å². The van der Waals surface area contributed by atoms with Gasteiger partial charge >= 0.3 is 0 Å². The number of aromatic nitrogens is 3. The van der Waals surface area contributed by atoms with Crippen molar-refractivity contribution in [3.05, 3.63) is 76.6 Å². The van der Waals surface area contributed by atoms with E-state index in [0.717, 1.165) is 42.6 Å². The Kier molecular flexibility index (Phi) is 6.23. The second-order valence-electron chi connectivity index (χ2n) is 7.99. The second kappa shape index (κ2) is 9.06. The van der Waals surface area contributed by atoms with E-state index >= 15 is 0 Å². The molecule has 1 aromatic carbocycles. The molecule has 0 radical (unpaired) electrons. The molecule has 1 aliphatic rings. The number of halogens is 2. The zero-order valence-electron chi connectivity index (χ0n) is 17.6. The first-order valence-electron chi connectivity index (χ1n) is 10.3. The first-order chi connectivity index (χ1) is 14.9. The highest BCUT2D eigenvalue weighted by Gasteiger charge is 2.28. The fraction of sp³-hybridized carbons (Fsp3) is 0.348. The molecule has 2 aromatic heterocycles. The van der Waals surface area contributed by atoms with Crippen LogP contribution in [0.4, 0.5) is 10.1 Å². The molecule has 8 heteroatoms. The van der Waals surface area contributed by atoms with E-state index < -0.39 is 11.9 Å². The van der Waals surface area contributed by atoms with Gasteiger partial charge in [-0.2, -0.15) is 5.10 Å². The quantitative estimate of drug-likeness (QED) is 0.649. The summed E-state index contributed by atoms with van der Waals surface area (Å²) >= 11 is 6.00. The minimum absolute atomic E-state index is 0.0135. The topological polar surface area (TPSA) is 63.1 Å². The number of hydrogen-bond acceptors (Lipinski definition) is 4. The third kappa shape index (κ3) is 4.71. The standard InChI is InChI=1S/C23H25ClFN5O/c1-15-12-26-8-5-21(15)30-9-6-16(7-10-30)23(31)28-22(18-13-27-29(2)14-18)17-3-4-20(25)19(24)11-17/h3-5,8,11-14,16,22H,6-7,9-10H2,1-2H3,(H,28,31). The molecule has 0 aliphatic carbocycles. The van der Waals surface area contributed by atoms with Gasteiger partial charge in [0, 0.05) is 55.9 Å². The van der Waals surface area contributed by atoms with Crippen LogP contribution in [0.5, 0.6) is 0 Å². The highest BCUT2D eigenvalue weighted by Crippen LogP contribution is 2.29. The first-order valence-corrected chi connectivity index (χ1v) is 10.7. The fourth-order valence-electron chi connectivity index (χ4n) is 4.10. The van der Waals surface area contributed by atoms with E-state index in [1.54, 1.807) is 29.2 Å². The number of anilines is 1. The van der Waals surface area contributed by atoms with Gasteiger partial charge in [-0.1, -0.05) is 17.7 Å². The summed E-state index contributed by atoms with van der Waals surface area (Å²) in [6.07, 6.45) is 8.73. The molecule has 6 nitrogen and oxygen atoms in total. The molecule has 3 aromatic rings. The Hall–Kier alpha value is -2.93. The summed E-state index contributed by atoms with van der Waals surface area (Å²) in [4.78, 5) is 19.6. The van der Waals surface area contributed by atoms with E-state index in [1.165, 1.54) is 11.8 Å². The molecule has 1 amide bonds. The fourth-order valence-corrected chi connectivity index (χ4v) is 4.29. The second-order valence-corrected chi connectivity index (χ2v) is 8.39. The van der Waals surface area contributed by atoms with Crippen molar-refractivity contribution in [3.63, 3.8) is 0 Å². The summed E-state index contributed by atoms with van der Waals surface area (Å²) in [5.41, 5.74) is 3.85. The number of benzene rings is 1. The number of amides is 1. The maximum absolute atomic E-state index is 13.7. The normalized spacial score (nSPS) is 15.7. The van der Waals surface area contributed by atoms with Crippen LogP contribution in [0.3, 0.4) is 0 Å². The number of pyridine rings is 1. The number of carbonyl (C=O) groups excluding carboxylic acids is 1. The van der Waals surface area contributed by atoms with Crippen molar-refractivity contribution in [3.8, 4) is 0 Å². The molecule has 1 aliphatic heterocycles. The molecule has 1 unspecified atom stereocenters. The monoisotopic (exact) mass is 441 g/mol. The number of piperidine rings is 1. The lowest BCUT2D eigenvalue weighted by Crippen LogP contribution is -2.42. The number of nitrogens with zero attached hydrogens (tertiary/aromatic N) is 4. The summed E-state index contributed by atoms with van der Waals surface area (Å²) in [5, 5.41) is 7.39. The molecule has 162 valence electrons. The van der Waals surface area contributed by atoms with Crippen LogP contribution in [-0.2, 0) is 11.8 Å². The lowest BCUT2D eigenvalue weighted by molar-refractivity contribution is -0.126. The Balaban J connectivity index is 1.48. The van der Waals surface area contributed by atoms with E-state index in [2.05, 4.69) is 20.3 Å². The average Bonchev–Trinajstić information content (AvgIpc) is 3.20. The van der Waals surface area contributed by atoms with Crippen LogP contribution < -0.4 is 10.2 Å². The zero-order valence-corrected chi connectivity index (χ0v) is 18.3. The summed E-state index contributed by atoms with van der Waals surface area (Å²) in [6, 6.07) is 6.10. The molecule has 0 bridgehead atoms. The van der Waals surface area contributed by atoms with E-state index in [9.17, 15) is 9.18 Å². The number of aryl methyl sites for hydroxylation is 2. The maximum Gasteiger partial charge on any atom is 0.223 e. The Labute approximate surface area is 186 Å². The third-order valence-electron chi connectivity index (χ3n) is 5.82. The van der Waals surface area contributed by atoms with E-state index in [4.69, 9.17) is 11.6 Å². The highest BCUT2D eigenvalue weighted by atomic mass is 35.5. The van der Waals surface area contributed by atoms with Crippen LogP contribution in [0.15, 0.2) is 49.1 Å². The number of hydrogen-bond donors (Lipinski definition) is 1. The predicted octanol–water partition coefficient (Wildman–Crippen LogP) is 4.04. The van der Waals surface area contributed by atoms with Crippen molar-refractivity contribution in [2.75, 3.05) is 18.0 Å². The lowest BCUT2D eigenvalue weighted by Gasteiger charge is -2.34. The third-order valence-corrected chi connectivity index (χ3v) is 6.11. The Morgan fingerprint density at radius 3 is 2.65 bits per heavy atom. The van der Waals surface area contributed by atoms with Crippen molar-refractivity contribution >= 4 is 23.2 Å². The van der Waals surface area contributed by atoms with Crippen LogP contribution in [0.1, 0.15) is 35.6 Å². The number of carbonyl (C=O) groups is 1. The molecule has 1 saturated heterocycles. The maximum atomic E-state index is 13.7. The summed E-state index contributed by atoms with van der Waals surface area (Å²) < 4.78 is 15.4. The molecule has 1 N–H and O–H groups in total. The van der Waals surface area contributed by atoms with E-state index in [-0.39, 0.29) is 16.8 Å². The predicted molar refractivity (Wildman–Crippen MR) is 119 cm³/mol. The first kappa shape index (κ1) is 21.3. The number of rotatable bonds is 5. The Morgan fingerprint density at radius 1 is 1.23 bits per heavy atom. The summed E-state index contributed by atoms with van der Waals surface area (Å²) in [5.74, 6) is -0.589. The summed E-state index contributed by atoms with van der Waals surface area (Å²) in [7, 11) is 1.82. The van der Waals surface area contributed by atoms with Gasteiger partial charge in [-0.25, -0.2) is 4.39 Å². The minimum Gasteiger partial charge on any atom is -0.371 e. The van der Waals surface area contributed by atoms with Gasteiger partial charge in [0.1, 0.15) is 5.82 Å². The molecule has 0 saturated carbocycles. The van der Waals surface area contributed by atoms with Gasteiger partial charge in [0.15, 0.2) is 0 Å². The van der Waals surface area contributed by atoms with Crippen LogP contribution in [0, 0.1) is 18.7 Å². The zero-order chi connectivity index (χ0) is 22.0. The van der Waals surface area contributed by atoms with Crippen molar-refractivity contribution in [2.45, 2.75) is 25.8 Å². The molecule has 1 fully saturated rings. The minimum atomic E-state index is -0.486. The van der Waals surface area contributed by atoms with Gasteiger partial charge < -0.3 is 10.2 Å². The van der Waals surface area contributed by atoms with Crippen LogP contribution >= 0.6 is 11.6 Å². The van der Waals surface area contributed by atoms with Crippen LogP contribution in [-0.4, -0.2) is 33.8 Å². The van der Waals surface area contributed by atoms with Crippen molar-refractivity contribution < 1.29 is 9.18 Å². The summed E-state index contributed by atoms with van der Waals surface area (Å²) in [6.45, 7) is 3.67. The van der Waals surface area contributed by atoms with Crippen molar-refractivity contribution in [1.82, 2.24) is 20.1 Å². The van der Waals surface area contributed by atoms with Gasteiger partial charge in [-0.05, 0) is 49.1 Å². The lowest BCUT2D eigenvalue weighted by atomic mass is 9.93. The smallest absolute Gasteiger partial charge is 0.223 e. The molecule has 4 rings (SSSR count). The SMILES string of the molecule is Cc1cnccc1N1CCC(C(=O)NC(c2ccc(F)c(Cl)c2)c2cnn(C)c2)CC1. The molecule has 0 spiro atoms. The van der Waals surface area contributed by atoms with Gasteiger partial charge in [-0.3, -0.25) is 14.5 Å². The largest absolute Gasteiger partial charge is 0.371 e. The van der Waals surface area contributed by atoms with Gasteiger partial charge in [0.25, 0.3) is 0 Å². The van der Waals surface area contributed by atoms with Crippen molar-refractivity contribution in [2.24, 2.45) is 13.0 Å². The molecular formula is C23H25ClFN5O. The van der Waals surface area contributed by atoms with Gasteiger partial charge in [0.05, 0.1) is 17.3 Å². The highest BCUT2D eigenvalue weighted by molar-refractivity contribution is 6.30. The molecule has 3 heterocycles. The van der Waals surface area contributed by atoms with E-state index in [1.807, 2.05) is 32.4 Å². The molecular weight excluding hydrogens is 417 g/mol. The Morgan fingerprint density at radius 2 is 2.00 bits per heavy atom. The molecule has 31 heavy (non-hydrogen) atoms. The average molecular weight is 442 g/mol. The van der Waals surface area contributed by atoms with Gasteiger partial charge in [0.2, 0.25) is 5.91 Å². The Bertz CT molecular complexity index is 1080. The van der Waals surface area contributed by atoms with E-state index in [0.29, 0.717) is 0 Å². The molecule has 1 atom stereocenters. The van der Waals surface area contributed by atoms with Crippen LogP contribution in [0.2, 0.25) is 5.02 Å². The number of nitrogens with one attached hydrogen (secondary N) is 1.